The molecule has 0 aliphatic heterocycles. The molecule has 2 aromatic rings. The Hall–Kier alpha value is -1.17. The predicted octanol–water partition coefficient (Wildman–Crippen LogP) is 2.63. The van der Waals surface area contributed by atoms with Crippen molar-refractivity contribution in [3.05, 3.63) is 27.7 Å². The minimum atomic E-state index is 0.403. The van der Waals surface area contributed by atoms with Crippen LogP contribution in [-0.4, -0.2) is 17.3 Å². The number of hydrogen-bond donors (Lipinski definition) is 1. The zero-order valence-electron chi connectivity index (χ0n) is 9.53. The average Bonchev–Trinajstić information content (AvgIpc) is 2.80. The lowest BCUT2D eigenvalue weighted by molar-refractivity contribution is 0.415. The number of methoxy groups -OCH3 is 1. The van der Waals surface area contributed by atoms with Gasteiger partial charge in [-0.05, 0) is 24.6 Å². The fourth-order valence-corrected chi connectivity index (χ4v) is 2.53. The summed E-state index contributed by atoms with van der Waals surface area (Å²) in [6.45, 7) is 2.39. The highest BCUT2D eigenvalue weighted by Gasteiger charge is 2.12. The third-order valence-electron chi connectivity index (χ3n) is 2.37. The van der Waals surface area contributed by atoms with Gasteiger partial charge in [-0.3, -0.25) is 0 Å². The highest BCUT2D eigenvalue weighted by atomic mass is 35.5. The molecule has 0 spiro atoms. The molecule has 17 heavy (non-hydrogen) atoms. The zero-order chi connectivity index (χ0) is 12.4. The van der Waals surface area contributed by atoms with Gasteiger partial charge in [0.1, 0.15) is 15.8 Å². The molecule has 1 aromatic heterocycles. The molecule has 0 saturated heterocycles. The minimum absolute atomic E-state index is 0.403. The van der Waals surface area contributed by atoms with Crippen LogP contribution in [0.25, 0.3) is 10.6 Å². The van der Waals surface area contributed by atoms with Gasteiger partial charge in [-0.15, -0.1) is 10.2 Å². The number of nitrogens with zero attached hydrogens (tertiary/aromatic N) is 2. The fourth-order valence-electron chi connectivity index (χ4n) is 1.49. The molecule has 6 heteroatoms. The third-order valence-corrected chi connectivity index (χ3v) is 3.64. The first-order valence-electron chi connectivity index (χ1n) is 5.02. The number of benzene rings is 1. The van der Waals surface area contributed by atoms with E-state index in [9.17, 15) is 0 Å². The van der Waals surface area contributed by atoms with Crippen LogP contribution in [0.1, 0.15) is 10.6 Å². The van der Waals surface area contributed by atoms with E-state index in [0.29, 0.717) is 17.3 Å². The normalized spacial score (nSPS) is 10.6. The van der Waals surface area contributed by atoms with Gasteiger partial charge in [-0.2, -0.15) is 0 Å². The maximum absolute atomic E-state index is 6.10. The Labute approximate surface area is 108 Å². The van der Waals surface area contributed by atoms with Gasteiger partial charge in [-0.1, -0.05) is 22.9 Å². The van der Waals surface area contributed by atoms with Gasteiger partial charge in [0.05, 0.1) is 12.1 Å². The molecule has 1 aromatic carbocycles. The number of aryl methyl sites for hydroxylation is 1. The topological polar surface area (TPSA) is 61.0 Å². The van der Waals surface area contributed by atoms with Crippen LogP contribution >= 0.6 is 22.9 Å². The van der Waals surface area contributed by atoms with E-state index < -0.39 is 0 Å². The second kappa shape index (κ2) is 5.00. The molecule has 0 fully saturated rings. The number of ether oxygens (including phenoxy) is 1. The van der Waals surface area contributed by atoms with Crippen molar-refractivity contribution < 1.29 is 4.74 Å². The maximum atomic E-state index is 6.10. The summed E-state index contributed by atoms with van der Waals surface area (Å²) in [5.74, 6) is 0.663. The van der Waals surface area contributed by atoms with Gasteiger partial charge in [0.25, 0.3) is 0 Å². The molecular formula is C11H12ClN3OS. The second-order valence-electron chi connectivity index (χ2n) is 3.51. The molecule has 2 N–H and O–H groups in total. The standard InChI is InChI=1S/C11H12ClN3OS/c1-6-3-9(16-2)8(12)4-7(6)11-15-14-10(5-13)17-11/h3-4H,5,13H2,1-2H3. The van der Waals surface area contributed by atoms with Crippen LogP contribution in [0.15, 0.2) is 12.1 Å². The van der Waals surface area contributed by atoms with Gasteiger partial charge in [0, 0.05) is 12.1 Å². The van der Waals surface area contributed by atoms with Crippen molar-refractivity contribution in [2.24, 2.45) is 5.73 Å². The van der Waals surface area contributed by atoms with Gasteiger partial charge >= 0.3 is 0 Å². The Kier molecular flexibility index (Phi) is 3.61. The van der Waals surface area contributed by atoms with Crippen molar-refractivity contribution in [3.63, 3.8) is 0 Å². The highest BCUT2D eigenvalue weighted by Crippen LogP contribution is 2.34. The van der Waals surface area contributed by atoms with E-state index in [0.717, 1.165) is 21.1 Å². The van der Waals surface area contributed by atoms with Crippen molar-refractivity contribution in [2.45, 2.75) is 13.5 Å². The second-order valence-corrected chi connectivity index (χ2v) is 4.98. The summed E-state index contributed by atoms with van der Waals surface area (Å²) in [7, 11) is 1.60. The number of hydrogen-bond acceptors (Lipinski definition) is 5. The smallest absolute Gasteiger partial charge is 0.148 e. The van der Waals surface area contributed by atoms with E-state index in [1.54, 1.807) is 7.11 Å². The number of rotatable bonds is 3. The summed E-state index contributed by atoms with van der Waals surface area (Å²) in [6.07, 6.45) is 0. The van der Waals surface area contributed by atoms with E-state index in [2.05, 4.69) is 10.2 Å². The van der Waals surface area contributed by atoms with Gasteiger partial charge < -0.3 is 10.5 Å². The monoisotopic (exact) mass is 269 g/mol. The number of halogens is 1. The molecule has 0 radical (unpaired) electrons. The highest BCUT2D eigenvalue weighted by molar-refractivity contribution is 7.14. The number of aromatic nitrogens is 2. The first-order valence-corrected chi connectivity index (χ1v) is 6.22. The molecule has 0 aliphatic carbocycles. The van der Waals surface area contributed by atoms with E-state index in [1.165, 1.54) is 11.3 Å². The van der Waals surface area contributed by atoms with Crippen molar-refractivity contribution in [3.8, 4) is 16.3 Å². The summed E-state index contributed by atoms with van der Waals surface area (Å²) >= 11 is 7.57. The summed E-state index contributed by atoms with van der Waals surface area (Å²) in [5.41, 5.74) is 7.53. The van der Waals surface area contributed by atoms with E-state index >= 15 is 0 Å². The molecule has 2 rings (SSSR count). The molecule has 0 saturated carbocycles. The molecule has 0 unspecified atom stereocenters. The molecule has 0 bridgehead atoms. The van der Waals surface area contributed by atoms with E-state index in [-0.39, 0.29) is 0 Å². The summed E-state index contributed by atoms with van der Waals surface area (Å²) in [4.78, 5) is 0. The van der Waals surface area contributed by atoms with Crippen LogP contribution in [0.4, 0.5) is 0 Å². The largest absolute Gasteiger partial charge is 0.495 e. The van der Waals surface area contributed by atoms with Crippen molar-refractivity contribution >= 4 is 22.9 Å². The Morgan fingerprint density at radius 1 is 1.41 bits per heavy atom. The summed E-state index contributed by atoms with van der Waals surface area (Å²) < 4.78 is 5.16. The Morgan fingerprint density at radius 2 is 2.18 bits per heavy atom. The van der Waals surface area contributed by atoms with Crippen LogP contribution < -0.4 is 10.5 Å². The lowest BCUT2D eigenvalue weighted by Gasteiger charge is -2.07. The lowest BCUT2D eigenvalue weighted by Crippen LogP contribution is -1.94. The number of nitrogens with two attached hydrogens (primary N) is 1. The summed E-state index contributed by atoms with van der Waals surface area (Å²) in [5, 5.41) is 10.3. The lowest BCUT2D eigenvalue weighted by atomic mass is 10.1. The van der Waals surface area contributed by atoms with Crippen LogP contribution in [0.3, 0.4) is 0 Å². The van der Waals surface area contributed by atoms with Crippen LogP contribution in [0.2, 0.25) is 5.02 Å². The first kappa shape index (κ1) is 12.3. The zero-order valence-corrected chi connectivity index (χ0v) is 11.1. The van der Waals surface area contributed by atoms with Gasteiger partial charge in [-0.25, -0.2) is 0 Å². The molecular weight excluding hydrogens is 258 g/mol. The van der Waals surface area contributed by atoms with Gasteiger partial charge in [0.2, 0.25) is 0 Å². The van der Waals surface area contributed by atoms with E-state index in [4.69, 9.17) is 22.1 Å². The SMILES string of the molecule is COc1cc(C)c(-c2nnc(CN)s2)cc1Cl. The average molecular weight is 270 g/mol. The van der Waals surface area contributed by atoms with Crippen molar-refractivity contribution in [2.75, 3.05) is 7.11 Å². The molecule has 0 amide bonds. The van der Waals surface area contributed by atoms with Gasteiger partial charge in [0.15, 0.2) is 0 Å². The Bertz CT molecular complexity index is 542. The van der Waals surface area contributed by atoms with E-state index in [1.807, 2.05) is 19.1 Å². The Balaban J connectivity index is 2.48. The minimum Gasteiger partial charge on any atom is -0.495 e. The van der Waals surface area contributed by atoms with Crippen molar-refractivity contribution in [1.29, 1.82) is 0 Å². The molecule has 1 heterocycles. The van der Waals surface area contributed by atoms with Crippen LogP contribution in [-0.2, 0) is 6.54 Å². The molecule has 0 atom stereocenters. The molecule has 4 nitrogen and oxygen atoms in total. The Morgan fingerprint density at radius 3 is 2.76 bits per heavy atom. The van der Waals surface area contributed by atoms with Crippen LogP contribution in [0.5, 0.6) is 5.75 Å². The van der Waals surface area contributed by atoms with Crippen LogP contribution in [0, 0.1) is 6.92 Å². The quantitative estimate of drug-likeness (QED) is 0.930. The molecule has 90 valence electrons. The first-order chi connectivity index (χ1) is 8.15. The maximum Gasteiger partial charge on any atom is 0.148 e. The third kappa shape index (κ3) is 2.41. The predicted molar refractivity (Wildman–Crippen MR) is 69.5 cm³/mol. The fraction of sp³-hybridized carbons (Fsp3) is 0.273. The summed E-state index contributed by atoms with van der Waals surface area (Å²) in [6, 6.07) is 3.73. The van der Waals surface area contributed by atoms with Crippen molar-refractivity contribution in [1.82, 2.24) is 10.2 Å². The molecule has 0 aliphatic rings.